The van der Waals surface area contributed by atoms with Crippen molar-refractivity contribution in [1.29, 1.82) is 0 Å². The van der Waals surface area contributed by atoms with Crippen LogP contribution in [-0.4, -0.2) is 32.2 Å². The predicted octanol–water partition coefficient (Wildman–Crippen LogP) is 4.34. The summed E-state index contributed by atoms with van der Waals surface area (Å²) in [6, 6.07) is 11.9. The van der Waals surface area contributed by atoms with Crippen LogP contribution in [0.3, 0.4) is 0 Å². The van der Waals surface area contributed by atoms with E-state index in [-0.39, 0.29) is 18.7 Å². The second kappa shape index (κ2) is 9.42. The van der Waals surface area contributed by atoms with E-state index in [0.29, 0.717) is 35.5 Å². The van der Waals surface area contributed by atoms with Crippen molar-refractivity contribution in [3.8, 4) is 22.8 Å². The number of nitrogens with one attached hydrogen (secondary N) is 1. The third-order valence-electron chi connectivity index (χ3n) is 4.77. The summed E-state index contributed by atoms with van der Waals surface area (Å²) in [6.45, 7) is 4.30. The number of rotatable bonds is 8. The van der Waals surface area contributed by atoms with Crippen molar-refractivity contribution < 1.29 is 18.4 Å². The Bertz CT molecular complexity index is 1220. The lowest BCUT2D eigenvalue weighted by molar-refractivity contribution is -0.116. The maximum Gasteiger partial charge on any atom is 0.227 e. The summed E-state index contributed by atoms with van der Waals surface area (Å²) in [5.74, 6) is 1.49. The summed E-state index contributed by atoms with van der Waals surface area (Å²) in [5, 5.41) is 6.65. The summed E-state index contributed by atoms with van der Waals surface area (Å²) in [6.07, 6.45) is 3.67. The highest BCUT2D eigenvalue weighted by Crippen LogP contribution is 2.21. The third kappa shape index (κ3) is 4.83. The molecule has 32 heavy (non-hydrogen) atoms. The van der Waals surface area contributed by atoms with Gasteiger partial charge in [-0.3, -0.25) is 4.79 Å². The van der Waals surface area contributed by atoms with E-state index in [0.717, 1.165) is 11.3 Å². The number of halogens is 1. The maximum atomic E-state index is 14.5. The minimum absolute atomic E-state index is 0.120. The van der Waals surface area contributed by atoms with Gasteiger partial charge in [-0.2, -0.15) is 4.98 Å². The molecule has 0 saturated carbocycles. The summed E-state index contributed by atoms with van der Waals surface area (Å²) < 4.78 is 26.8. The third-order valence-corrected chi connectivity index (χ3v) is 4.77. The molecule has 0 aliphatic rings. The number of imidazole rings is 1. The summed E-state index contributed by atoms with van der Waals surface area (Å²) >= 11 is 0. The van der Waals surface area contributed by atoms with Crippen LogP contribution in [0.25, 0.3) is 17.1 Å². The first-order valence-corrected chi connectivity index (χ1v) is 10.2. The molecule has 2 aromatic carbocycles. The Labute approximate surface area is 184 Å². The molecule has 0 atom stereocenters. The molecule has 0 aliphatic heterocycles. The van der Waals surface area contributed by atoms with Gasteiger partial charge < -0.3 is 19.1 Å². The molecule has 4 aromatic rings. The second-order valence-corrected chi connectivity index (χ2v) is 7.03. The van der Waals surface area contributed by atoms with Gasteiger partial charge in [0.2, 0.25) is 17.6 Å². The molecule has 0 spiro atoms. The minimum Gasteiger partial charge on any atom is -0.494 e. The van der Waals surface area contributed by atoms with Crippen molar-refractivity contribution in [3.63, 3.8) is 0 Å². The fraction of sp³-hybridized carbons (Fsp3) is 0.217. The van der Waals surface area contributed by atoms with Crippen molar-refractivity contribution in [2.75, 3.05) is 11.9 Å². The quantitative estimate of drug-likeness (QED) is 0.442. The van der Waals surface area contributed by atoms with Crippen molar-refractivity contribution in [2.24, 2.45) is 0 Å². The number of aromatic nitrogens is 4. The van der Waals surface area contributed by atoms with Gasteiger partial charge in [0.05, 0.1) is 12.3 Å². The number of ether oxygens (including phenoxy) is 1. The summed E-state index contributed by atoms with van der Waals surface area (Å²) in [7, 11) is 0. The van der Waals surface area contributed by atoms with Crippen molar-refractivity contribution in [3.05, 3.63) is 72.4 Å². The van der Waals surface area contributed by atoms with Gasteiger partial charge in [-0.15, -0.1) is 0 Å². The molecule has 1 N–H and O–H groups in total. The van der Waals surface area contributed by atoms with E-state index in [1.165, 1.54) is 6.07 Å². The van der Waals surface area contributed by atoms with Gasteiger partial charge in [-0.25, -0.2) is 9.37 Å². The van der Waals surface area contributed by atoms with Crippen LogP contribution in [0.15, 0.2) is 59.4 Å². The molecule has 0 bridgehead atoms. The highest BCUT2D eigenvalue weighted by molar-refractivity contribution is 5.90. The van der Waals surface area contributed by atoms with E-state index in [1.807, 2.05) is 31.2 Å². The summed E-state index contributed by atoms with van der Waals surface area (Å²) in [5.41, 5.74) is 1.52. The van der Waals surface area contributed by atoms with E-state index in [4.69, 9.17) is 9.26 Å². The standard InChI is InChI=1S/C23H22FN5O3/c1-3-31-18-7-4-16(5-8-18)23-27-22(32-28-23)11-10-21(30)26-17-6-9-20(19(24)14-17)29-13-12-25-15(29)2/h4-9,12-14H,3,10-11H2,1-2H3,(H,26,30). The Hall–Kier alpha value is -4.01. The first-order valence-electron chi connectivity index (χ1n) is 10.2. The number of anilines is 1. The van der Waals surface area contributed by atoms with Crippen molar-refractivity contribution in [1.82, 2.24) is 19.7 Å². The largest absolute Gasteiger partial charge is 0.494 e. The zero-order chi connectivity index (χ0) is 22.5. The number of carbonyl (C=O) groups excluding carboxylic acids is 1. The SMILES string of the molecule is CCOc1ccc(-c2noc(CCC(=O)Nc3ccc(-n4ccnc4C)c(F)c3)n2)cc1. The highest BCUT2D eigenvalue weighted by atomic mass is 19.1. The van der Waals surface area contributed by atoms with Crippen LogP contribution in [0, 0.1) is 12.7 Å². The average molecular weight is 435 g/mol. The Balaban J connectivity index is 1.33. The molecule has 164 valence electrons. The van der Waals surface area contributed by atoms with E-state index in [2.05, 4.69) is 20.4 Å². The van der Waals surface area contributed by atoms with Crippen LogP contribution in [0.4, 0.5) is 10.1 Å². The van der Waals surface area contributed by atoms with Crippen LogP contribution >= 0.6 is 0 Å². The van der Waals surface area contributed by atoms with Crippen LogP contribution < -0.4 is 10.1 Å². The molecule has 9 heteroatoms. The minimum atomic E-state index is -0.458. The fourth-order valence-corrected chi connectivity index (χ4v) is 3.20. The molecule has 0 aliphatic carbocycles. The van der Waals surface area contributed by atoms with Gasteiger partial charge in [0.25, 0.3) is 0 Å². The lowest BCUT2D eigenvalue weighted by Crippen LogP contribution is -2.13. The first kappa shape index (κ1) is 21.2. The molecule has 0 fully saturated rings. The molecule has 2 heterocycles. The van der Waals surface area contributed by atoms with E-state index in [1.54, 1.807) is 36.0 Å². The number of benzene rings is 2. The predicted molar refractivity (Wildman–Crippen MR) is 116 cm³/mol. The van der Waals surface area contributed by atoms with Crippen LogP contribution in [0.1, 0.15) is 25.1 Å². The molecule has 8 nitrogen and oxygen atoms in total. The van der Waals surface area contributed by atoms with Gasteiger partial charge in [0, 0.05) is 36.5 Å². The van der Waals surface area contributed by atoms with Gasteiger partial charge in [0.15, 0.2) is 0 Å². The van der Waals surface area contributed by atoms with Gasteiger partial charge in [-0.1, -0.05) is 5.16 Å². The van der Waals surface area contributed by atoms with E-state index in [9.17, 15) is 9.18 Å². The fourth-order valence-electron chi connectivity index (χ4n) is 3.20. The summed E-state index contributed by atoms with van der Waals surface area (Å²) in [4.78, 5) is 20.7. The topological polar surface area (TPSA) is 95.1 Å². The van der Waals surface area contributed by atoms with E-state index < -0.39 is 5.82 Å². The lowest BCUT2D eigenvalue weighted by atomic mass is 10.2. The number of carbonyl (C=O) groups is 1. The zero-order valence-corrected chi connectivity index (χ0v) is 17.7. The molecule has 4 rings (SSSR count). The average Bonchev–Trinajstić information content (AvgIpc) is 3.42. The first-order chi connectivity index (χ1) is 15.5. The Kier molecular flexibility index (Phi) is 6.25. The molecule has 0 radical (unpaired) electrons. The van der Waals surface area contributed by atoms with Crippen molar-refractivity contribution in [2.45, 2.75) is 26.7 Å². The molecule has 0 unspecified atom stereocenters. The monoisotopic (exact) mass is 435 g/mol. The van der Waals surface area contributed by atoms with Gasteiger partial charge in [-0.05, 0) is 56.3 Å². The zero-order valence-electron chi connectivity index (χ0n) is 17.7. The smallest absolute Gasteiger partial charge is 0.227 e. The molecule has 1 amide bonds. The number of aryl methyl sites for hydroxylation is 2. The Morgan fingerprint density at radius 3 is 2.72 bits per heavy atom. The van der Waals surface area contributed by atoms with Crippen molar-refractivity contribution >= 4 is 11.6 Å². The molecular weight excluding hydrogens is 413 g/mol. The molecule has 2 aromatic heterocycles. The maximum absolute atomic E-state index is 14.5. The van der Waals surface area contributed by atoms with Gasteiger partial charge in [0.1, 0.15) is 17.4 Å². The Morgan fingerprint density at radius 1 is 1.22 bits per heavy atom. The molecular formula is C23H22FN5O3. The van der Waals surface area contributed by atoms with Gasteiger partial charge >= 0.3 is 0 Å². The number of amides is 1. The highest BCUT2D eigenvalue weighted by Gasteiger charge is 2.13. The molecule has 0 saturated heterocycles. The van der Waals surface area contributed by atoms with Crippen LogP contribution in [0.2, 0.25) is 0 Å². The number of hydrogen-bond donors (Lipinski definition) is 1. The van der Waals surface area contributed by atoms with E-state index >= 15 is 0 Å². The number of nitrogens with zero attached hydrogens (tertiary/aromatic N) is 4. The normalized spacial score (nSPS) is 10.8. The van der Waals surface area contributed by atoms with Crippen LogP contribution in [0.5, 0.6) is 5.75 Å². The Morgan fingerprint density at radius 2 is 2.03 bits per heavy atom. The second-order valence-electron chi connectivity index (χ2n) is 7.03. The van der Waals surface area contributed by atoms with Crippen LogP contribution in [-0.2, 0) is 11.2 Å². The lowest BCUT2D eigenvalue weighted by Gasteiger charge is -2.09. The number of hydrogen-bond acceptors (Lipinski definition) is 6.